The van der Waals surface area contributed by atoms with Crippen LogP contribution in [0.2, 0.25) is 0 Å². The number of ether oxygens (including phenoxy) is 1. The van der Waals surface area contributed by atoms with Crippen molar-refractivity contribution in [3.63, 3.8) is 0 Å². The Morgan fingerprint density at radius 3 is 2.43 bits per heavy atom. The Balaban J connectivity index is 0.00000125. The molecular weight excluding hydrogens is 397 g/mol. The summed E-state index contributed by atoms with van der Waals surface area (Å²) in [7, 11) is 1.61. The molecule has 1 fully saturated rings. The molecule has 1 N–H and O–H groups in total. The molecule has 0 spiro atoms. The molecule has 0 atom stereocenters. The molecule has 5 nitrogen and oxygen atoms in total. The Kier molecular flexibility index (Phi) is 15.2. The lowest BCUT2D eigenvalue weighted by Crippen LogP contribution is -2.32. The van der Waals surface area contributed by atoms with Gasteiger partial charge in [-0.2, -0.15) is 13.2 Å². The first-order valence-corrected chi connectivity index (χ1v) is 10.1. The van der Waals surface area contributed by atoms with Crippen molar-refractivity contribution < 1.29 is 27.8 Å². The normalized spacial score (nSPS) is 13.7. The number of aliphatic hydroxyl groups excluding tert-OH is 1. The van der Waals surface area contributed by atoms with Gasteiger partial charge in [-0.15, -0.1) is 0 Å². The van der Waals surface area contributed by atoms with Gasteiger partial charge >= 0.3 is 6.68 Å². The highest BCUT2D eigenvalue weighted by molar-refractivity contribution is 6.00. The van der Waals surface area contributed by atoms with E-state index in [9.17, 15) is 23.1 Å². The van der Waals surface area contributed by atoms with Gasteiger partial charge in [-0.05, 0) is 30.9 Å². The number of pyridine rings is 1. The number of allylic oxidation sites excluding steroid dienone is 1. The Morgan fingerprint density at radius 1 is 1.33 bits per heavy atom. The van der Waals surface area contributed by atoms with E-state index < -0.39 is 6.68 Å². The lowest BCUT2D eigenvalue weighted by Gasteiger charge is -2.20. The van der Waals surface area contributed by atoms with Crippen molar-refractivity contribution in [2.75, 3.05) is 25.2 Å². The highest BCUT2D eigenvalue weighted by Crippen LogP contribution is 2.28. The van der Waals surface area contributed by atoms with Gasteiger partial charge in [0.25, 0.3) is 5.91 Å². The smallest absolute Gasteiger partial charge is 0.379 e. The van der Waals surface area contributed by atoms with Gasteiger partial charge in [-0.1, -0.05) is 51.8 Å². The average Bonchev–Trinajstić information content (AvgIpc) is 2.77. The molecule has 1 amide bonds. The van der Waals surface area contributed by atoms with Crippen molar-refractivity contribution in [2.45, 2.75) is 52.6 Å². The van der Waals surface area contributed by atoms with E-state index in [2.05, 4.69) is 23.7 Å². The predicted octanol–water partition coefficient (Wildman–Crippen LogP) is 5.40. The topological polar surface area (TPSA) is 62.7 Å². The molecule has 0 radical (unpaired) electrons. The number of aromatic nitrogens is 1. The second kappa shape index (κ2) is 16.4. The minimum Gasteiger partial charge on any atom is -0.495 e. The summed E-state index contributed by atoms with van der Waals surface area (Å²) in [6, 6.07) is 1.81. The number of methoxy groups -OCH3 is 1. The molecule has 0 bridgehead atoms. The van der Waals surface area contributed by atoms with Crippen LogP contribution in [0, 0.1) is 5.92 Å². The van der Waals surface area contributed by atoms with Crippen LogP contribution in [0.15, 0.2) is 31.0 Å². The number of nitrogens with zero attached hydrogens (tertiary/aromatic N) is 2. The number of rotatable bonds is 7. The van der Waals surface area contributed by atoms with Crippen molar-refractivity contribution in [3.8, 4) is 5.75 Å². The van der Waals surface area contributed by atoms with E-state index in [0.29, 0.717) is 17.5 Å². The van der Waals surface area contributed by atoms with Crippen LogP contribution >= 0.6 is 0 Å². The minimum atomic E-state index is -3.67. The van der Waals surface area contributed by atoms with Crippen molar-refractivity contribution in [3.05, 3.63) is 36.6 Å². The summed E-state index contributed by atoms with van der Waals surface area (Å²) in [6.45, 7) is 3.88. The predicted molar refractivity (Wildman–Crippen MR) is 114 cm³/mol. The average molecular weight is 431 g/mol. The minimum absolute atomic E-state index is 0.138. The van der Waals surface area contributed by atoms with Crippen LogP contribution in [0.1, 0.15) is 51.5 Å². The summed E-state index contributed by atoms with van der Waals surface area (Å²) in [5.41, 5.74) is 0.882. The number of alkyl halides is 3. The largest absolute Gasteiger partial charge is 0.495 e. The molecule has 30 heavy (non-hydrogen) atoms. The highest BCUT2D eigenvalue weighted by atomic mass is 19.4. The fraction of sp³-hybridized carbons (Fsp3) is 0.545. The van der Waals surface area contributed by atoms with E-state index in [0.717, 1.165) is 5.56 Å². The maximum absolute atomic E-state index is 12.0. The van der Waals surface area contributed by atoms with E-state index >= 15 is 0 Å². The standard InChI is InChI=1S/C19H26N2O3.C2H6.CHF3/c1-3-19(23)21(11-12-22)18-13-16(17(24-2)14-20-18)10-9-15-7-5-4-6-8-15;1-2;2-1(3)4/h3,9-10,13-15,22H,1,4-8,11-12H2,2H3;1-2H3;1H/b10-9+;;. The lowest BCUT2D eigenvalue weighted by atomic mass is 9.89. The third kappa shape index (κ3) is 10.4. The van der Waals surface area contributed by atoms with Gasteiger partial charge in [0, 0.05) is 5.56 Å². The van der Waals surface area contributed by atoms with Gasteiger partial charge in [-0.25, -0.2) is 4.98 Å². The van der Waals surface area contributed by atoms with Crippen LogP contribution in [-0.2, 0) is 4.79 Å². The molecule has 1 heterocycles. The zero-order valence-electron chi connectivity index (χ0n) is 18.0. The number of hydrogen-bond donors (Lipinski definition) is 1. The summed E-state index contributed by atoms with van der Waals surface area (Å²) >= 11 is 0. The third-order valence-corrected chi connectivity index (χ3v) is 4.34. The van der Waals surface area contributed by atoms with Crippen LogP contribution in [0.5, 0.6) is 5.75 Å². The van der Waals surface area contributed by atoms with Crippen LogP contribution in [0.4, 0.5) is 19.0 Å². The van der Waals surface area contributed by atoms with Crippen LogP contribution in [0.25, 0.3) is 6.08 Å². The molecular formula is C22H33F3N2O3. The Hall–Kier alpha value is -2.35. The van der Waals surface area contributed by atoms with Crippen molar-refractivity contribution in [1.29, 1.82) is 0 Å². The van der Waals surface area contributed by atoms with Gasteiger partial charge in [0.2, 0.25) is 0 Å². The van der Waals surface area contributed by atoms with Crippen LogP contribution in [-0.4, -0.2) is 42.9 Å². The highest BCUT2D eigenvalue weighted by Gasteiger charge is 2.16. The number of carbonyl (C=O) groups is 1. The molecule has 1 aliphatic carbocycles. The first kappa shape index (κ1) is 27.6. The molecule has 0 aliphatic heterocycles. The molecule has 170 valence electrons. The van der Waals surface area contributed by atoms with Gasteiger partial charge in [-0.3, -0.25) is 9.69 Å². The maximum atomic E-state index is 12.0. The van der Waals surface area contributed by atoms with Crippen molar-refractivity contribution >= 4 is 17.8 Å². The summed E-state index contributed by atoms with van der Waals surface area (Å²) in [5.74, 6) is 1.46. The van der Waals surface area contributed by atoms with Gasteiger partial charge in [0.15, 0.2) is 0 Å². The second-order valence-electron chi connectivity index (χ2n) is 6.21. The molecule has 0 aromatic carbocycles. The molecule has 1 saturated carbocycles. The molecule has 2 rings (SSSR count). The Labute approximate surface area is 177 Å². The molecule has 0 unspecified atom stereocenters. The lowest BCUT2D eigenvalue weighted by molar-refractivity contribution is -0.114. The fourth-order valence-electron chi connectivity index (χ4n) is 3.01. The number of amides is 1. The molecule has 1 aromatic rings. The SMILES string of the molecule is C=CC(=O)N(CCO)c1cc(/C=C/C2CCCCC2)c(OC)cn1.CC.FC(F)F. The maximum Gasteiger partial charge on any atom is 0.379 e. The van der Waals surface area contributed by atoms with Crippen LogP contribution < -0.4 is 9.64 Å². The monoisotopic (exact) mass is 430 g/mol. The van der Waals surface area contributed by atoms with E-state index in [1.165, 1.54) is 43.1 Å². The Bertz CT molecular complexity index is 646. The number of anilines is 1. The van der Waals surface area contributed by atoms with E-state index in [4.69, 9.17) is 4.74 Å². The second-order valence-corrected chi connectivity index (χ2v) is 6.21. The zero-order valence-corrected chi connectivity index (χ0v) is 18.0. The zero-order chi connectivity index (χ0) is 22.9. The van der Waals surface area contributed by atoms with E-state index in [1.54, 1.807) is 13.3 Å². The number of hydrogen-bond acceptors (Lipinski definition) is 4. The molecule has 1 aliphatic rings. The molecule has 8 heteroatoms. The van der Waals surface area contributed by atoms with Gasteiger partial charge in [0.05, 0.1) is 26.5 Å². The number of aliphatic hydroxyl groups is 1. The van der Waals surface area contributed by atoms with E-state index in [-0.39, 0.29) is 19.1 Å². The van der Waals surface area contributed by atoms with Gasteiger partial charge in [0.1, 0.15) is 11.6 Å². The summed E-state index contributed by atoms with van der Waals surface area (Å²) < 4.78 is 34.4. The van der Waals surface area contributed by atoms with Crippen LogP contribution in [0.3, 0.4) is 0 Å². The number of carbonyl (C=O) groups excluding carboxylic acids is 1. The summed E-state index contributed by atoms with van der Waals surface area (Å²) in [4.78, 5) is 17.7. The van der Waals surface area contributed by atoms with Gasteiger partial charge < -0.3 is 9.84 Å². The van der Waals surface area contributed by atoms with Crippen molar-refractivity contribution in [1.82, 2.24) is 4.98 Å². The first-order chi connectivity index (χ1) is 14.4. The van der Waals surface area contributed by atoms with E-state index in [1.807, 2.05) is 19.9 Å². The van der Waals surface area contributed by atoms with Crippen molar-refractivity contribution in [2.24, 2.45) is 5.92 Å². The summed E-state index contributed by atoms with van der Waals surface area (Å²) in [6.07, 6.45) is 13.5. The molecule has 1 aromatic heterocycles. The first-order valence-electron chi connectivity index (χ1n) is 10.1. The Morgan fingerprint density at radius 2 is 1.93 bits per heavy atom. The number of halogens is 3. The third-order valence-electron chi connectivity index (χ3n) is 4.34. The molecule has 0 saturated heterocycles. The fourth-order valence-corrected chi connectivity index (χ4v) is 3.01. The summed E-state index contributed by atoms with van der Waals surface area (Å²) in [5, 5.41) is 9.19. The quantitative estimate of drug-likeness (QED) is 0.589.